The SMILES string of the molecule is NCCCC(N)P. The summed E-state index contributed by atoms with van der Waals surface area (Å²) in [5.41, 5.74) is 10.6. The third-order valence-corrected chi connectivity index (χ3v) is 1.07. The van der Waals surface area contributed by atoms with Crippen LogP contribution in [0.2, 0.25) is 0 Å². The van der Waals surface area contributed by atoms with Gasteiger partial charge in [-0.3, -0.25) is 0 Å². The summed E-state index contributed by atoms with van der Waals surface area (Å²) in [4.78, 5) is 0. The van der Waals surface area contributed by atoms with E-state index in [4.69, 9.17) is 11.5 Å². The largest absolute Gasteiger partial charge is 0.330 e. The summed E-state index contributed by atoms with van der Waals surface area (Å²) < 4.78 is 0. The van der Waals surface area contributed by atoms with Gasteiger partial charge in [-0.2, -0.15) is 0 Å². The van der Waals surface area contributed by atoms with Crippen molar-refractivity contribution in [1.82, 2.24) is 0 Å². The lowest BCUT2D eigenvalue weighted by Crippen LogP contribution is -2.12. The zero-order valence-corrected chi connectivity index (χ0v) is 5.59. The fourth-order valence-corrected chi connectivity index (χ4v) is 0.589. The predicted molar refractivity (Wildman–Crippen MR) is 36.0 cm³/mol. The van der Waals surface area contributed by atoms with Gasteiger partial charge < -0.3 is 11.5 Å². The first-order valence-electron chi connectivity index (χ1n) is 2.48. The van der Waals surface area contributed by atoms with Crippen molar-refractivity contribution in [3.8, 4) is 0 Å². The number of hydrogen-bond acceptors (Lipinski definition) is 2. The van der Waals surface area contributed by atoms with E-state index in [0.717, 1.165) is 19.4 Å². The molecule has 2 unspecified atom stereocenters. The lowest BCUT2D eigenvalue weighted by molar-refractivity contribution is 0.723. The molecular weight excluding hydrogens is 107 g/mol. The van der Waals surface area contributed by atoms with Crippen LogP contribution in [0.3, 0.4) is 0 Å². The molecule has 0 fully saturated rings. The van der Waals surface area contributed by atoms with E-state index in [2.05, 4.69) is 9.24 Å². The van der Waals surface area contributed by atoms with Crippen LogP contribution in [0.5, 0.6) is 0 Å². The first-order chi connectivity index (χ1) is 3.27. The van der Waals surface area contributed by atoms with Gasteiger partial charge in [-0.05, 0) is 19.4 Å². The van der Waals surface area contributed by atoms with Gasteiger partial charge >= 0.3 is 0 Å². The third kappa shape index (κ3) is 6.35. The fraction of sp³-hybridized carbons (Fsp3) is 1.00. The Balaban J connectivity index is 2.68. The summed E-state index contributed by atoms with van der Waals surface area (Å²) in [7, 11) is 2.53. The van der Waals surface area contributed by atoms with E-state index in [1.165, 1.54) is 0 Å². The molecule has 0 aliphatic rings. The molecular formula is C4H13N2P. The molecule has 4 N–H and O–H groups in total. The highest BCUT2D eigenvalue weighted by Gasteiger charge is 1.88. The van der Waals surface area contributed by atoms with Crippen molar-refractivity contribution >= 4 is 9.24 Å². The Morgan fingerprint density at radius 1 is 1.57 bits per heavy atom. The number of rotatable bonds is 3. The van der Waals surface area contributed by atoms with Crippen molar-refractivity contribution in [2.45, 2.75) is 18.6 Å². The summed E-state index contributed by atoms with van der Waals surface area (Å²) >= 11 is 0. The van der Waals surface area contributed by atoms with Crippen molar-refractivity contribution in [2.75, 3.05) is 6.54 Å². The summed E-state index contributed by atoms with van der Waals surface area (Å²) in [5, 5.41) is 0. The van der Waals surface area contributed by atoms with Gasteiger partial charge in [0.25, 0.3) is 0 Å². The maximum absolute atomic E-state index is 5.39. The van der Waals surface area contributed by atoms with E-state index >= 15 is 0 Å². The molecule has 44 valence electrons. The van der Waals surface area contributed by atoms with Gasteiger partial charge in [0, 0.05) is 5.78 Å². The van der Waals surface area contributed by atoms with Crippen molar-refractivity contribution < 1.29 is 0 Å². The smallest absolute Gasteiger partial charge is 0.0185 e. The lowest BCUT2D eigenvalue weighted by Gasteiger charge is -1.99. The van der Waals surface area contributed by atoms with Crippen molar-refractivity contribution in [3.63, 3.8) is 0 Å². The van der Waals surface area contributed by atoms with E-state index in [-0.39, 0.29) is 5.78 Å². The minimum absolute atomic E-state index is 0.239. The van der Waals surface area contributed by atoms with E-state index in [0.29, 0.717) is 0 Å². The lowest BCUT2D eigenvalue weighted by atomic mass is 10.3. The Kier molecular flexibility index (Phi) is 4.73. The predicted octanol–water partition coefficient (Wildman–Crippen LogP) is -0.115. The van der Waals surface area contributed by atoms with Crippen molar-refractivity contribution in [3.05, 3.63) is 0 Å². The highest BCUT2D eigenvalue weighted by atomic mass is 31.0. The molecule has 0 saturated heterocycles. The maximum atomic E-state index is 5.39. The summed E-state index contributed by atoms with van der Waals surface area (Å²) in [5.74, 6) is 0.239. The Morgan fingerprint density at radius 3 is 2.29 bits per heavy atom. The molecule has 0 amide bonds. The highest BCUT2D eigenvalue weighted by Crippen LogP contribution is 1.98. The average Bonchev–Trinajstić information content (AvgIpc) is 1.61. The fourth-order valence-electron chi connectivity index (χ4n) is 0.354. The van der Waals surface area contributed by atoms with Crippen LogP contribution in [0, 0.1) is 0 Å². The summed E-state index contributed by atoms with van der Waals surface area (Å²) in [6.07, 6.45) is 2.05. The number of hydrogen-bond donors (Lipinski definition) is 2. The van der Waals surface area contributed by atoms with E-state index in [1.54, 1.807) is 0 Å². The molecule has 0 aliphatic carbocycles. The second-order valence-electron chi connectivity index (χ2n) is 1.59. The molecule has 0 rings (SSSR count). The molecule has 2 atom stereocenters. The molecule has 0 spiro atoms. The quantitative estimate of drug-likeness (QED) is 0.510. The van der Waals surface area contributed by atoms with Crippen molar-refractivity contribution in [2.24, 2.45) is 11.5 Å². The zero-order valence-electron chi connectivity index (χ0n) is 4.43. The van der Waals surface area contributed by atoms with Crippen LogP contribution >= 0.6 is 9.24 Å². The van der Waals surface area contributed by atoms with Crippen LogP contribution in [-0.4, -0.2) is 12.3 Å². The standard InChI is InChI=1S/C4H13N2P/c5-3-1-2-4(6)7/h4H,1-3,5-7H2. The molecule has 7 heavy (non-hydrogen) atoms. The van der Waals surface area contributed by atoms with Crippen molar-refractivity contribution in [1.29, 1.82) is 0 Å². The molecule has 2 nitrogen and oxygen atoms in total. The first-order valence-corrected chi connectivity index (χ1v) is 3.15. The second-order valence-corrected chi connectivity index (χ2v) is 2.45. The van der Waals surface area contributed by atoms with Crippen LogP contribution in [0.25, 0.3) is 0 Å². The Morgan fingerprint density at radius 2 is 2.14 bits per heavy atom. The zero-order chi connectivity index (χ0) is 5.70. The van der Waals surface area contributed by atoms with E-state index in [1.807, 2.05) is 0 Å². The summed E-state index contributed by atoms with van der Waals surface area (Å²) in [6.45, 7) is 0.752. The Hall–Kier alpha value is 0.350. The molecule has 0 aromatic heterocycles. The number of nitrogens with two attached hydrogens (primary N) is 2. The topological polar surface area (TPSA) is 52.0 Å². The van der Waals surface area contributed by atoms with Crippen LogP contribution in [0.1, 0.15) is 12.8 Å². The van der Waals surface area contributed by atoms with Gasteiger partial charge in [0.15, 0.2) is 0 Å². The molecule has 0 bridgehead atoms. The minimum atomic E-state index is 0.239. The van der Waals surface area contributed by atoms with Gasteiger partial charge in [0.1, 0.15) is 0 Å². The maximum Gasteiger partial charge on any atom is 0.0185 e. The van der Waals surface area contributed by atoms with Gasteiger partial charge in [-0.15, -0.1) is 9.24 Å². The molecule has 0 saturated carbocycles. The van der Waals surface area contributed by atoms with Gasteiger partial charge in [-0.1, -0.05) is 0 Å². The van der Waals surface area contributed by atoms with Gasteiger partial charge in [0.05, 0.1) is 0 Å². The Bertz CT molecular complexity index is 38.7. The molecule has 0 radical (unpaired) electrons. The van der Waals surface area contributed by atoms with Gasteiger partial charge in [-0.25, -0.2) is 0 Å². The Labute approximate surface area is 46.8 Å². The average molecular weight is 120 g/mol. The van der Waals surface area contributed by atoms with Crippen LogP contribution in [0.4, 0.5) is 0 Å². The van der Waals surface area contributed by atoms with E-state index < -0.39 is 0 Å². The normalized spacial score (nSPS) is 14.1. The van der Waals surface area contributed by atoms with E-state index in [9.17, 15) is 0 Å². The molecule has 0 aliphatic heterocycles. The molecule has 0 heterocycles. The monoisotopic (exact) mass is 120 g/mol. The molecule has 0 aromatic rings. The minimum Gasteiger partial charge on any atom is -0.330 e. The van der Waals surface area contributed by atoms with Crippen LogP contribution < -0.4 is 11.5 Å². The van der Waals surface area contributed by atoms with Crippen LogP contribution in [0.15, 0.2) is 0 Å². The first kappa shape index (κ1) is 7.35. The molecule has 0 aromatic carbocycles. The third-order valence-electron chi connectivity index (χ3n) is 0.742. The van der Waals surface area contributed by atoms with Crippen LogP contribution in [-0.2, 0) is 0 Å². The highest BCUT2D eigenvalue weighted by molar-refractivity contribution is 7.17. The second kappa shape index (κ2) is 4.51. The molecule has 3 heteroatoms. The van der Waals surface area contributed by atoms with Gasteiger partial charge in [0.2, 0.25) is 0 Å². The summed E-state index contributed by atoms with van der Waals surface area (Å²) in [6, 6.07) is 0.